The average molecular weight is 318 g/mol. The quantitative estimate of drug-likeness (QED) is 0.670. The summed E-state index contributed by atoms with van der Waals surface area (Å²) in [4.78, 5) is 14.1. The molecule has 2 heterocycles. The molecule has 7 nitrogen and oxygen atoms in total. The molecule has 0 radical (unpaired) electrons. The first-order valence-corrected chi connectivity index (χ1v) is 6.19. The Morgan fingerprint density at radius 2 is 2.44 bits per heavy atom. The lowest BCUT2D eigenvalue weighted by Gasteiger charge is -2.23. The van der Waals surface area contributed by atoms with Crippen LogP contribution in [0.2, 0.25) is 0 Å². The zero-order chi connectivity index (χ0) is 13.0. The van der Waals surface area contributed by atoms with E-state index in [1.54, 1.807) is 0 Å². The van der Waals surface area contributed by atoms with Crippen LogP contribution >= 0.6 is 15.9 Å². The second kappa shape index (κ2) is 6.07. The second-order valence-electron chi connectivity index (χ2n) is 3.73. The standard InChI is InChI=1S/C10H12BrN3O4/c11-9-3-7(14(15)16)4-12-10(9)13-5-8-6-17-1-2-18-8/h3-4,8H,1-2,5-6H2,(H,12,13). The topological polar surface area (TPSA) is 86.5 Å². The van der Waals surface area contributed by atoms with Gasteiger partial charge in [-0.1, -0.05) is 0 Å². The maximum atomic E-state index is 10.6. The predicted octanol–water partition coefficient (Wildman–Crippen LogP) is 1.58. The number of nitrogens with one attached hydrogen (secondary N) is 1. The van der Waals surface area contributed by atoms with Crippen molar-refractivity contribution in [3.8, 4) is 0 Å². The highest BCUT2D eigenvalue weighted by atomic mass is 79.9. The number of anilines is 1. The Morgan fingerprint density at radius 1 is 1.61 bits per heavy atom. The maximum absolute atomic E-state index is 10.6. The molecule has 8 heteroatoms. The van der Waals surface area contributed by atoms with Crippen LogP contribution in [-0.2, 0) is 9.47 Å². The zero-order valence-corrected chi connectivity index (χ0v) is 11.1. The molecule has 1 N–H and O–H groups in total. The Kier molecular flexibility index (Phi) is 4.45. The average Bonchev–Trinajstić information content (AvgIpc) is 2.38. The van der Waals surface area contributed by atoms with Gasteiger partial charge in [-0.15, -0.1) is 0 Å². The fourth-order valence-electron chi connectivity index (χ4n) is 1.52. The number of pyridine rings is 1. The summed E-state index contributed by atoms with van der Waals surface area (Å²) in [5.74, 6) is 0.551. The third-order valence-electron chi connectivity index (χ3n) is 2.42. The lowest BCUT2D eigenvalue weighted by molar-refractivity contribution is -0.385. The number of nitro groups is 1. The highest BCUT2D eigenvalue weighted by Gasteiger charge is 2.15. The molecule has 1 aliphatic rings. The van der Waals surface area contributed by atoms with Gasteiger partial charge in [0.2, 0.25) is 0 Å². The Hall–Kier alpha value is -1.25. The van der Waals surface area contributed by atoms with E-state index in [0.29, 0.717) is 36.7 Å². The van der Waals surface area contributed by atoms with Crippen LogP contribution in [0.25, 0.3) is 0 Å². The first-order valence-electron chi connectivity index (χ1n) is 5.40. The molecular formula is C10H12BrN3O4. The Balaban J connectivity index is 1.94. The smallest absolute Gasteiger partial charge is 0.288 e. The molecule has 1 aromatic rings. The minimum Gasteiger partial charge on any atom is -0.376 e. The Bertz CT molecular complexity index is 437. The summed E-state index contributed by atoms with van der Waals surface area (Å²) in [5.41, 5.74) is -0.0512. The van der Waals surface area contributed by atoms with Crippen LogP contribution in [0, 0.1) is 10.1 Å². The molecule has 1 fully saturated rings. The molecule has 0 bridgehead atoms. The van der Waals surface area contributed by atoms with Gasteiger partial charge in [-0.2, -0.15) is 0 Å². The SMILES string of the molecule is O=[N+]([O-])c1cnc(NCC2COCCO2)c(Br)c1. The highest BCUT2D eigenvalue weighted by molar-refractivity contribution is 9.10. The van der Waals surface area contributed by atoms with E-state index in [0.717, 1.165) is 0 Å². The molecule has 18 heavy (non-hydrogen) atoms. The van der Waals surface area contributed by atoms with Crippen LogP contribution < -0.4 is 5.32 Å². The molecular weight excluding hydrogens is 306 g/mol. The van der Waals surface area contributed by atoms with E-state index in [4.69, 9.17) is 9.47 Å². The maximum Gasteiger partial charge on any atom is 0.288 e. The summed E-state index contributed by atoms with van der Waals surface area (Å²) in [6, 6.07) is 1.41. The van der Waals surface area contributed by atoms with Crippen molar-refractivity contribution in [2.45, 2.75) is 6.10 Å². The number of hydrogen-bond donors (Lipinski definition) is 1. The van der Waals surface area contributed by atoms with Gasteiger partial charge in [0.15, 0.2) is 0 Å². The van der Waals surface area contributed by atoms with E-state index in [-0.39, 0.29) is 11.8 Å². The molecule has 1 unspecified atom stereocenters. The molecule has 0 spiro atoms. The fourth-order valence-corrected chi connectivity index (χ4v) is 2.00. The van der Waals surface area contributed by atoms with E-state index in [1.165, 1.54) is 12.3 Å². The van der Waals surface area contributed by atoms with Gasteiger partial charge in [-0.05, 0) is 15.9 Å². The molecule has 0 amide bonds. The molecule has 2 rings (SSSR count). The summed E-state index contributed by atoms with van der Waals surface area (Å²) in [6.07, 6.45) is 1.19. The van der Waals surface area contributed by atoms with Crippen molar-refractivity contribution < 1.29 is 14.4 Å². The largest absolute Gasteiger partial charge is 0.376 e. The summed E-state index contributed by atoms with van der Waals surface area (Å²) in [5, 5.41) is 13.6. The predicted molar refractivity (Wildman–Crippen MR) is 67.6 cm³/mol. The molecule has 0 aromatic carbocycles. The fraction of sp³-hybridized carbons (Fsp3) is 0.500. The van der Waals surface area contributed by atoms with Crippen molar-refractivity contribution >= 4 is 27.4 Å². The van der Waals surface area contributed by atoms with Crippen molar-refractivity contribution in [1.82, 2.24) is 4.98 Å². The first kappa shape index (κ1) is 13.2. The van der Waals surface area contributed by atoms with Gasteiger partial charge >= 0.3 is 0 Å². The van der Waals surface area contributed by atoms with Crippen molar-refractivity contribution in [3.05, 3.63) is 26.9 Å². The van der Waals surface area contributed by atoms with E-state index < -0.39 is 4.92 Å². The second-order valence-corrected chi connectivity index (χ2v) is 4.58. The third kappa shape index (κ3) is 3.37. The van der Waals surface area contributed by atoms with Gasteiger partial charge in [0.1, 0.15) is 12.0 Å². The Labute approximate surface area is 112 Å². The van der Waals surface area contributed by atoms with Gasteiger partial charge in [0, 0.05) is 12.6 Å². The molecule has 0 saturated carbocycles. The summed E-state index contributed by atoms with van der Waals surface area (Å²) < 4.78 is 11.3. The minimum atomic E-state index is -0.486. The van der Waals surface area contributed by atoms with Crippen LogP contribution in [0.5, 0.6) is 0 Å². The monoisotopic (exact) mass is 317 g/mol. The number of nitrogens with zero attached hydrogens (tertiary/aromatic N) is 2. The van der Waals surface area contributed by atoms with Gasteiger partial charge < -0.3 is 14.8 Å². The van der Waals surface area contributed by atoms with Crippen molar-refractivity contribution in [3.63, 3.8) is 0 Å². The number of halogens is 1. The van der Waals surface area contributed by atoms with Gasteiger partial charge in [-0.3, -0.25) is 10.1 Å². The number of ether oxygens (including phenoxy) is 2. The van der Waals surface area contributed by atoms with E-state index >= 15 is 0 Å². The molecule has 0 aliphatic carbocycles. The summed E-state index contributed by atoms with van der Waals surface area (Å²) in [7, 11) is 0. The lowest BCUT2D eigenvalue weighted by Crippen LogP contribution is -2.34. The molecule has 1 atom stereocenters. The Morgan fingerprint density at radius 3 is 3.06 bits per heavy atom. The molecule has 1 saturated heterocycles. The number of aromatic nitrogens is 1. The van der Waals surface area contributed by atoms with Crippen LogP contribution in [-0.4, -0.2) is 42.4 Å². The minimum absolute atomic E-state index is 0.0253. The van der Waals surface area contributed by atoms with Gasteiger partial charge in [0.25, 0.3) is 5.69 Å². The zero-order valence-electron chi connectivity index (χ0n) is 9.47. The first-order chi connectivity index (χ1) is 8.66. The third-order valence-corrected chi connectivity index (χ3v) is 3.02. The molecule has 98 valence electrons. The van der Waals surface area contributed by atoms with E-state index in [1.807, 2.05) is 0 Å². The lowest BCUT2D eigenvalue weighted by atomic mass is 10.3. The van der Waals surface area contributed by atoms with Crippen LogP contribution in [0.4, 0.5) is 11.5 Å². The van der Waals surface area contributed by atoms with E-state index in [2.05, 4.69) is 26.2 Å². The van der Waals surface area contributed by atoms with Gasteiger partial charge in [0.05, 0.1) is 35.3 Å². The molecule has 1 aliphatic heterocycles. The normalized spacial score (nSPS) is 19.5. The van der Waals surface area contributed by atoms with Crippen LogP contribution in [0.3, 0.4) is 0 Å². The van der Waals surface area contributed by atoms with Gasteiger partial charge in [-0.25, -0.2) is 4.98 Å². The van der Waals surface area contributed by atoms with Crippen LogP contribution in [0.1, 0.15) is 0 Å². The van der Waals surface area contributed by atoms with Crippen molar-refractivity contribution in [2.75, 3.05) is 31.7 Å². The van der Waals surface area contributed by atoms with Crippen LogP contribution in [0.15, 0.2) is 16.7 Å². The number of hydrogen-bond acceptors (Lipinski definition) is 6. The number of rotatable bonds is 4. The highest BCUT2D eigenvalue weighted by Crippen LogP contribution is 2.24. The van der Waals surface area contributed by atoms with Crippen molar-refractivity contribution in [2.24, 2.45) is 0 Å². The van der Waals surface area contributed by atoms with E-state index in [9.17, 15) is 10.1 Å². The van der Waals surface area contributed by atoms with Crippen molar-refractivity contribution in [1.29, 1.82) is 0 Å². The molecule has 1 aromatic heterocycles. The summed E-state index contributed by atoms with van der Waals surface area (Å²) in [6.45, 7) is 2.29. The summed E-state index contributed by atoms with van der Waals surface area (Å²) >= 11 is 3.24.